The van der Waals surface area contributed by atoms with E-state index in [1.807, 2.05) is 0 Å². The highest BCUT2D eigenvalue weighted by Gasteiger charge is 2.34. The molecule has 3 heteroatoms. The molecule has 0 radical (unpaired) electrons. The SMILES string of the molecule is Clc1ccc2c3c1N(c1ccccc1)C[C@@H]3CNCC2. The van der Waals surface area contributed by atoms with Gasteiger partial charge in [0, 0.05) is 24.7 Å². The van der Waals surface area contributed by atoms with Gasteiger partial charge in [-0.2, -0.15) is 0 Å². The number of anilines is 2. The molecule has 0 saturated heterocycles. The van der Waals surface area contributed by atoms with Crippen LogP contribution in [0.3, 0.4) is 0 Å². The van der Waals surface area contributed by atoms with Crippen LogP contribution in [0.2, 0.25) is 5.02 Å². The third-order valence-corrected chi connectivity index (χ3v) is 4.67. The van der Waals surface area contributed by atoms with E-state index >= 15 is 0 Å². The Labute approximate surface area is 124 Å². The lowest BCUT2D eigenvalue weighted by molar-refractivity contribution is 0.629. The molecule has 0 unspecified atom stereocenters. The van der Waals surface area contributed by atoms with Gasteiger partial charge in [0.25, 0.3) is 0 Å². The maximum absolute atomic E-state index is 6.52. The van der Waals surface area contributed by atoms with Gasteiger partial charge in [0.1, 0.15) is 0 Å². The predicted molar refractivity (Wildman–Crippen MR) is 84.2 cm³/mol. The first-order chi connectivity index (χ1) is 9.84. The molecular formula is C17H17ClN2. The molecule has 2 heterocycles. The summed E-state index contributed by atoms with van der Waals surface area (Å²) < 4.78 is 0. The van der Waals surface area contributed by atoms with Crippen LogP contribution in [-0.2, 0) is 6.42 Å². The molecule has 20 heavy (non-hydrogen) atoms. The molecular weight excluding hydrogens is 268 g/mol. The fraction of sp³-hybridized carbons (Fsp3) is 0.294. The number of hydrogen-bond donors (Lipinski definition) is 1. The first-order valence-corrected chi connectivity index (χ1v) is 7.57. The highest BCUT2D eigenvalue weighted by molar-refractivity contribution is 6.33. The second-order valence-corrected chi connectivity index (χ2v) is 5.97. The van der Waals surface area contributed by atoms with Crippen LogP contribution in [0.4, 0.5) is 11.4 Å². The fourth-order valence-electron chi connectivity index (χ4n) is 3.48. The zero-order valence-electron chi connectivity index (χ0n) is 11.3. The van der Waals surface area contributed by atoms with E-state index in [1.165, 1.54) is 22.5 Å². The molecule has 2 aliphatic heterocycles. The number of benzene rings is 2. The molecule has 0 bridgehead atoms. The Morgan fingerprint density at radius 1 is 1.10 bits per heavy atom. The van der Waals surface area contributed by atoms with Crippen molar-refractivity contribution in [3.05, 3.63) is 58.6 Å². The van der Waals surface area contributed by atoms with Crippen molar-refractivity contribution in [1.29, 1.82) is 0 Å². The summed E-state index contributed by atoms with van der Waals surface area (Å²) in [7, 11) is 0. The maximum atomic E-state index is 6.52. The van der Waals surface area contributed by atoms with Gasteiger partial charge in [-0.05, 0) is 42.3 Å². The Morgan fingerprint density at radius 2 is 1.95 bits per heavy atom. The minimum atomic E-state index is 0.543. The molecule has 1 atom stereocenters. The largest absolute Gasteiger partial charge is 0.339 e. The Balaban J connectivity index is 1.89. The normalized spacial score (nSPS) is 20.6. The fourth-order valence-corrected chi connectivity index (χ4v) is 3.75. The highest BCUT2D eigenvalue weighted by Crippen LogP contribution is 2.47. The summed E-state index contributed by atoms with van der Waals surface area (Å²) in [5.74, 6) is 0.543. The Hall–Kier alpha value is -1.51. The van der Waals surface area contributed by atoms with Gasteiger partial charge in [-0.1, -0.05) is 35.9 Å². The number of rotatable bonds is 1. The van der Waals surface area contributed by atoms with Gasteiger partial charge in [-0.3, -0.25) is 0 Å². The van der Waals surface area contributed by atoms with Gasteiger partial charge < -0.3 is 10.2 Å². The summed E-state index contributed by atoms with van der Waals surface area (Å²) >= 11 is 6.52. The summed E-state index contributed by atoms with van der Waals surface area (Å²) in [5.41, 5.74) is 5.38. The highest BCUT2D eigenvalue weighted by atomic mass is 35.5. The van der Waals surface area contributed by atoms with Crippen LogP contribution >= 0.6 is 11.6 Å². The predicted octanol–water partition coefficient (Wildman–Crippen LogP) is 3.72. The van der Waals surface area contributed by atoms with Gasteiger partial charge in [0.15, 0.2) is 0 Å². The number of halogens is 1. The lowest BCUT2D eigenvalue weighted by Crippen LogP contribution is -2.24. The summed E-state index contributed by atoms with van der Waals surface area (Å²) in [5, 5.41) is 4.42. The lowest BCUT2D eigenvalue weighted by Gasteiger charge is -2.21. The molecule has 2 aromatic carbocycles. The van der Waals surface area contributed by atoms with Gasteiger partial charge in [0.2, 0.25) is 0 Å². The molecule has 102 valence electrons. The minimum Gasteiger partial charge on any atom is -0.339 e. The topological polar surface area (TPSA) is 15.3 Å². The van der Waals surface area contributed by atoms with Crippen molar-refractivity contribution in [3.8, 4) is 0 Å². The molecule has 2 nitrogen and oxygen atoms in total. The van der Waals surface area contributed by atoms with E-state index in [2.05, 4.69) is 52.7 Å². The van der Waals surface area contributed by atoms with Crippen molar-refractivity contribution in [2.75, 3.05) is 24.5 Å². The second-order valence-electron chi connectivity index (χ2n) is 5.57. The van der Waals surface area contributed by atoms with E-state index < -0.39 is 0 Å². The molecule has 2 aromatic rings. The molecule has 0 spiro atoms. The molecule has 1 N–H and O–H groups in total. The van der Waals surface area contributed by atoms with Crippen LogP contribution in [0.25, 0.3) is 0 Å². The van der Waals surface area contributed by atoms with Crippen LogP contribution in [-0.4, -0.2) is 19.6 Å². The first-order valence-electron chi connectivity index (χ1n) is 7.19. The number of hydrogen-bond acceptors (Lipinski definition) is 2. The summed E-state index contributed by atoms with van der Waals surface area (Å²) in [4.78, 5) is 2.37. The summed E-state index contributed by atoms with van der Waals surface area (Å²) in [6.45, 7) is 3.13. The van der Waals surface area contributed by atoms with E-state index in [1.54, 1.807) is 0 Å². The van der Waals surface area contributed by atoms with E-state index in [4.69, 9.17) is 11.6 Å². The van der Waals surface area contributed by atoms with Gasteiger partial charge >= 0.3 is 0 Å². The zero-order valence-corrected chi connectivity index (χ0v) is 12.0. The van der Waals surface area contributed by atoms with Crippen LogP contribution in [0, 0.1) is 0 Å². The van der Waals surface area contributed by atoms with Crippen molar-refractivity contribution >= 4 is 23.0 Å². The molecule has 0 saturated carbocycles. The first kappa shape index (κ1) is 12.2. The third kappa shape index (κ3) is 1.83. The Kier molecular flexibility index (Phi) is 2.94. The lowest BCUT2D eigenvalue weighted by atomic mass is 9.95. The summed E-state index contributed by atoms with van der Waals surface area (Å²) in [6.07, 6.45) is 1.10. The smallest absolute Gasteiger partial charge is 0.0646 e. The number of nitrogens with zero attached hydrogens (tertiary/aromatic N) is 1. The summed E-state index contributed by atoms with van der Waals surface area (Å²) in [6, 6.07) is 14.8. The van der Waals surface area contributed by atoms with Crippen LogP contribution in [0.1, 0.15) is 17.0 Å². The quantitative estimate of drug-likeness (QED) is 0.858. The van der Waals surface area contributed by atoms with Crippen molar-refractivity contribution in [2.45, 2.75) is 12.3 Å². The van der Waals surface area contributed by atoms with Crippen molar-refractivity contribution < 1.29 is 0 Å². The van der Waals surface area contributed by atoms with E-state index in [-0.39, 0.29) is 0 Å². The van der Waals surface area contributed by atoms with Crippen molar-refractivity contribution in [1.82, 2.24) is 5.32 Å². The monoisotopic (exact) mass is 284 g/mol. The van der Waals surface area contributed by atoms with Gasteiger partial charge in [-0.25, -0.2) is 0 Å². The average molecular weight is 285 g/mol. The van der Waals surface area contributed by atoms with Crippen LogP contribution in [0.15, 0.2) is 42.5 Å². The van der Waals surface area contributed by atoms with Crippen molar-refractivity contribution in [2.24, 2.45) is 0 Å². The average Bonchev–Trinajstić information content (AvgIpc) is 2.76. The molecule has 0 fully saturated rings. The van der Waals surface area contributed by atoms with Gasteiger partial charge in [-0.15, -0.1) is 0 Å². The van der Waals surface area contributed by atoms with Crippen LogP contribution in [0.5, 0.6) is 0 Å². The molecule has 0 amide bonds. The molecule has 0 aromatic heterocycles. The Morgan fingerprint density at radius 3 is 2.80 bits per heavy atom. The van der Waals surface area contributed by atoms with E-state index in [0.29, 0.717) is 5.92 Å². The third-order valence-electron chi connectivity index (χ3n) is 4.37. The van der Waals surface area contributed by atoms with Gasteiger partial charge in [0.05, 0.1) is 10.7 Å². The number of para-hydroxylation sites is 1. The number of nitrogens with one attached hydrogen (secondary N) is 1. The molecule has 2 aliphatic rings. The van der Waals surface area contributed by atoms with Crippen LogP contribution < -0.4 is 10.2 Å². The second kappa shape index (κ2) is 4.80. The Bertz CT molecular complexity index is 639. The maximum Gasteiger partial charge on any atom is 0.0646 e. The van der Waals surface area contributed by atoms with E-state index in [0.717, 1.165) is 31.1 Å². The molecule has 0 aliphatic carbocycles. The standard InChI is InChI=1S/C17H17ClN2/c18-15-7-6-12-8-9-19-10-13-11-20(17(15)16(12)13)14-4-2-1-3-5-14/h1-7,13,19H,8-11H2/t13-/m0/s1. The van der Waals surface area contributed by atoms with Crippen molar-refractivity contribution in [3.63, 3.8) is 0 Å². The minimum absolute atomic E-state index is 0.543. The zero-order chi connectivity index (χ0) is 13.5. The van der Waals surface area contributed by atoms with E-state index in [9.17, 15) is 0 Å². The molecule has 4 rings (SSSR count).